The van der Waals surface area contributed by atoms with E-state index < -0.39 is 0 Å². The predicted octanol–water partition coefficient (Wildman–Crippen LogP) is 3.63. The van der Waals surface area contributed by atoms with Crippen LogP contribution in [-0.4, -0.2) is 12.6 Å². The van der Waals surface area contributed by atoms with Crippen LogP contribution in [0.1, 0.15) is 13.3 Å². The lowest BCUT2D eigenvalue weighted by atomic mass is 10.3. The summed E-state index contributed by atoms with van der Waals surface area (Å²) in [5.74, 6) is 0. The summed E-state index contributed by atoms with van der Waals surface area (Å²) in [7, 11) is 0. The van der Waals surface area contributed by atoms with Gasteiger partial charge >= 0.3 is 6.03 Å². The number of hydrogen-bond acceptors (Lipinski definition) is 1. The van der Waals surface area contributed by atoms with Crippen molar-refractivity contribution in [1.82, 2.24) is 5.32 Å². The van der Waals surface area contributed by atoms with Gasteiger partial charge in [-0.3, -0.25) is 0 Å². The highest BCUT2D eigenvalue weighted by atomic mass is 79.9. The maximum absolute atomic E-state index is 11.3. The monoisotopic (exact) mass is 290 g/mol. The fourth-order valence-electron chi connectivity index (χ4n) is 0.996. The summed E-state index contributed by atoms with van der Waals surface area (Å²) >= 11 is 9.10. The molecule has 0 spiro atoms. The molecule has 0 heterocycles. The van der Waals surface area contributed by atoms with Crippen LogP contribution in [0.3, 0.4) is 0 Å². The molecule has 0 aliphatic heterocycles. The fourth-order valence-corrected chi connectivity index (χ4v) is 1.78. The number of carbonyl (C=O) groups is 1. The third kappa shape index (κ3) is 4.10. The van der Waals surface area contributed by atoms with Crippen LogP contribution in [0.15, 0.2) is 22.7 Å². The Kier molecular flexibility index (Phi) is 4.91. The highest BCUT2D eigenvalue weighted by Crippen LogP contribution is 2.25. The summed E-state index contributed by atoms with van der Waals surface area (Å²) in [5, 5.41) is 6.06. The van der Waals surface area contributed by atoms with Gasteiger partial charge < -0.3 is 10.6 Å². The Balaban J connectivity index is 2.60. The molecule has 1 aromatic carbocycles. The van der Waals surface area contributed by atoms with E-state index in [0.29, 0.717) is 17.3 Å². The van der Waals surface area contributed by atoms with Crippen molar-refractivity contribution in [1.29, 1.82) is 0 Å². The van der Waals surface area contributed by atoms with E-state index >= 15 is 0 Å². The molecule has 15 heavy (non-hydrogen) atoms. The minimum atomic E-state index is -0.208. The van der Waals surface area contributed by atoms with Gasteiger partial charge in [0, 0.05) is 16.0 Å². The molecule has 5 heteroatoms. The van der Waals surface area contributed by atoms with Gasteiger partial charge in [-0.2, -0.15) is 0 Å². The highest BCUT2D eigenvalue weighted by molar-refractivity contribution is 9.10. The second-order valence-electron chi connectivity index (χ2n) is 3.01. The molecule has 0 aliphatic rings. The SMILES string of the molecule is CCCNC(=O)Nc1ccc(Cl)cc1Br. The quantitative estimate of drug-likeness (QED) is 0.877. The highest BCUT2D eigenvalue weighted by Gasteiger charge is 2.04. The number of halogens is 2. The van der Waals surface area contributed by atoms with Gasteiger partial charge in [0.1, 0.15) is 0 Å². The Labute approximate surface area is 102 Å². The van der Waals surface area contributed by atoms with E-state index in [9.17, 15) is 4.79 Å². The van der Waals surface area contributed by atoms with E-state index in [4.69, 9.17) is 11.6 Å². The fraction of sp³-hybridized carbons (Fsp3) is 0.300. The zero-order valence-electron chi connectivity index (χ0n) is 8.31. The average Bonchev–Trinajstić information content (AvgIpc) is 2.19. The van der Waals surface area contributed by atoms with Crippen molar-refractivity contribution in [2.24, 2.45) is 0 Å². The molecule has 3 nitrogen and oxygen atoms in total. The van der Waals surface area contributed by atoms with Crippen LogP contribution < -0.4 is 10.6 Å². The molecule has 0 radical (unpaired) electrons. The van der Waals surface area contributed by atoms with E-state index in [1.165, 1.54) is 0 Å². The third-order valence-corrected chi connectivity index (χ3v) is 2.61. The standard InChI is InChI=1S/C10H12BrClN2O/c1-2-5-13-10(15)14-9-4-3-7(12)6-8(9)11/h3-4,6H,2,5H2,1H3,(H2,13,14,15). The largest absolute Gasteiger partial charge is 0.338 e. The van der Waals surface area contributed by atoms with E-state index in [1.54, 1.807) is 18.2 Å². The lowest BCUT2D eigenvalue weighted by Gasteiger charge is -2.08. The van der Waals surface area contributed by atoms with E-state index in [1.807, 2.05) is 6.92 Å². The molecule has 0 unspecified atom stereocenters. The molecule has 0 aliphatic carbocycles. The predicted molar refractivity (Wildman–Crippen MR) is 66.5 cm³/mol. The van der Waals surface area contributed by atoms with Crippen LogP contribution in [0.25, 0.3) is 0 Å². The molecular weight excluding hydrogens is 279 g/mol. The second kappa shape index (κ2) is 5.98. The van der Waals surface area contributed by atoms with E-state index in [2.05, 4.69) is 26.6 Å². The van der Waals surface area contributed by atoms with Gasteiger partial charge in [0.05, 0.1) is 5.69 Å². The summed E-state index contributed by atoms with van der Waals surface area (Å²) in [6, 6.07) is 5.00. The van der Waals surface area contributed by atoms with Gasteiger partial charge in [0.2, 0.25) is 0 Å². The molecule has 0 atom stereocenters. The topological polar surface area (TPSA) is 41.1 Å². The minimum absolute atomic E-state index is 0.208. The molecule has 1 aromatic rings. The maximum atomic E-state index is 11.3. The zero-order chi connectivity index (χ0) is 11.3. The summed E-state index contributed by atoms with van der Waals surface area (Å²) < 4.78 is 0.765. The minimum Gasteiger partial charge on any atom is -0.338 e. The summed E-state index contributed by atoms with van der Waals surface area (Å²) in [5.41, 5.74) is 0.702. The number of hydrogen-bond donors (Lipinski definition) is 2. The Morgan fingerprint density at radius 3 is 2.87 bits per heavy atom. The molecule has 0 saturated heterocycles. The van der Waals surface area contributed by atoms with Gasteiger partial charge in [-0.1, -0.05) is 18.5 Å². The molecule has 0 fully saturated rings. The van der Waals surface area contributed by atoms with Crippen molar-refractivity contribution in [3.8, 4) is 0 Å². The normalized spacial score (nSPS) is 9.80. The zero-order valence-corrected chi connectivity index (χ0v) is 10.7. The van der Waals surface area contributed by atoms with Crippen molar-refractivity contribution >= 4 is 39.2 Å². The van der Waals surface area contributed by atoms with E-state index in [0.717, 1.165) is 10.9 Å². The van der Waals surface area contributed by atoms with Gasteiger partial charge in [-0.15, -0.1) is 0 Å². The lowest BCUT2D eigenvalue weighted by Crippen LogP contribution is -2.29. The Morgan fingerprint density at radius 1 is 1.53 bits per heavy atom. The number of nitrogens with one attached hydrogen (secondary N) is 2. The first kappa shape index (κ1) is 12.3. The molecule has 2 amide bonds. The lowest BCUT2D eigenvalue weighted by molar-refractivity contribution is 0.252. The first-order valence-corrected chi connectivity index (χ1v) is 5.80. The number of benzene rings is 1. The van der Waals surface area contributed by atoms with Crippen molar-refractivity contribution < 1.29 is 4.79 Å². The Bertz CT molecular complexity index is 357. The molecule has 1 rings (SSSR count). The number of amides is 2. The van der Waals surface area contributed by atoms with Crippen LogP contribution in [-0.2, 0) is 0 Å². The summed E-state index contributed by atoms with van der Waals surface area (Å²) in [6.07, 6.45) is 0.912. The Morgan fingerprint density at radius 2 is 2.27 bits per heavy atom. The maximum Gasteiger partial charge on any atom is 0.319 e. The molecule has 0 saturated carbocycles. The number of carbonyl (C=O) groups excluding carboxylic acids is 1. The molecule has 0 aromatic heterocycles. The second-order valence-corrected chi connectivity index (χ2v) is 4.30. The number of urea groups is 1. The average molecular weight is 292 g/mol. The van der Waals surface area contributed by atoms with Crippen molar-refractivity contribution in [2.45, 2.75) is 13.3 Å². The number of anilines is 1. The number of rotatable bonds is 3. The van der Waals surface area contributed by atoms with Crippen LogP contribution in [0.5, 0.6) is 0 Å². The van der Waals surface area contributed by atoms with Crippen LogP contribution in [0, 0.1) is 0 Å². The summed E-state index contributed by atoms with van der Waals surface area (Å²) in [6.45, 7) is 2.66. The van der Waals surface area contributed by atoms with Crippen molar-refractivity contribution in [3.05, 3.63) is 27.7 Å². The van der Waals surface area contributed by atoms with E-state index in [-0.39, 0.29) is 6.03 Å². The van der Waals surface area contributed by atoms with Crippen LogP contribution in [0.2, 0.25) is 5.02 Å². The van der Waals surface area contributed by atoms with Crippen molar-refractivity contribution in [2.75, 3.05) is 11.9 Å². The van der Waals surface area contributed by atoms with Gasteiger partial charge in [-0.05, 0) is 40.5 Å². The molecule has 0 bridgehead atoms. The van der Waals surface area contributed by atoms with Crippen LogP contribution >= 0.6 is 27.5 Å². The van der Waals surface area contributed by atoms with Gasteiger partial charge in [0.25, 0.3) is 0 Å². The Hall–Kier alpha value is -0.740. The first-order chi connectivity index (χ1) is 7.13. The smallest absolute Gasteiger partial charge is 0.319 e. The first-order valence-electron chi connectivity index (χ1n) is 4.63. The molecular formula is C10H12BrClN2O. The van der Waals surface area contributed by atoms with Crippen LogP contribution in [0.4, 0.5) is 10.5 Å². The van der Waals surface area contributed by atoms with Gasteiger partial charge in [-0.25, -0.2) is 4.79 Å². The van der Waals surface area contributed by atoms with Crippen molar-refractivity contribution in [3.63, 3.8) is 0 Å². The third-order valence-electron chi connectivity index (χ3n) is 1.71. The van der Waals surface area contributed by atoms with Gasteiger partial charge in [0.15, 0.2) is 0 Å². The molecule has 82 valence electrons. The molecule has 2 N–H and O–H groups in total. The summed E-state index contributed by atoms with van der Waals surface area (Å²) in [4.78, 5) is 11.3.